The highest BCUT2D eigenvalue weighted by molar-refractivity contribution is 7.80. The van der Waals surface area contributed by atoms with Crippen molar-refractivity contribution >= 4 is 51.6 Å². The topological polar surface area (TPSA) is 67.2 Å². The molecule has 162 valence electrons. The lowest BCUT2D eigenvalue weighted by atomic mass is 9.98. The molecule has 0 fully saturated rings. The summed E-state index contributed by atoms with van der Waals surface area (Å²) in [5.41, 5.74) is 4.58. The summed E-state index contributed by atoms with van der Waals surface area (Å²) in [4.78, 5) is 17.0. The van der Waals surface area contributed by atoms with Gasteiger partial charge >= 0.3 is 0 Å². The predicted octanol–water partition coefficient (Wildman–Crippen LogP) is 6.79. The van der Waals surface area contributed by atoms with Crippen LogP contribution in [0.15, 0.2) is 71.1 Å². The van der Waals surface area contributed by atoms with E-state index in [-0.39, 0.29) is 11.0 Å². The van der Waals surface area contributed by atoms with Crippen LogP contribution in [0.3, 0.4) is 0 Å². The predicted molar refractivity (Wildman–Crippen MR) is 133 cm³/mol. The fraction of sp³-hybridized carbons (Fsp3) is 0.160. The molecule has 5 nitrogen and oxygen atoms in total. The van der Waals surface area contributed by atoms with Crippen LogP contribution < -0.4 is 10.6 Å². The Bertz CT molecular complexity index is 1290. The number of amides is 1. The minimum Gasteiger partial charge on any atom is -0.436 e. The second-order valence-electron chi connectivity index (χ2n) is 7.52. The number of benzene rings is 3. The number of anilines is 1. The molecule has 0 bridgehead atoms. The number of nitrogens with one attached hydrogen (secondary N) is 2. The molecule has 1 atom stereocenters. The van der Waals surface area contributed by atoms with Crippen molar-refractivity contribution in [2.24, 2.45) is 0 Å². The summed E-state index contributed by atoms with van der Waals surface area (Å²) in [5.74, 6) is 0.643. The number of carbonyl (C=O) groups excluding carboxylic acids is 1. The zero-order valence-electron chi connectivity index (χ0n) is 17.7. The van der Waals surface area contributed by atoms with Crippen LogP contribution in [0.5, 0.6) is 0 Å². The van der Waals surface area contributed by atoms with E-state index in [0.717, 1.165) is 23.1 Å². The number of halogens is 1. The highest BCUT2D eigenvalue weighted by Gasteiger charge is 2.14. The number of thiocarbonyl (C=S) groups is 1. The van der Waals surface area contributed by atoms with Gasteiger partial charge in [0.2, 0.25) is 5.89 Å². The van der Waals surface area contributed by atoms with Crippen molar-refractivity contribution in [1.82, 2.24) is 10.3 Å². The van der Waals surface area contributed by atoms with Crippen LogP contribution in [0.2, 0.25) is 5.02 Å². The van der Waals surface area contributed by atoms with E-state index in [1.54, 1.807) is 36.4 Å². The zero-order valence-corrected chi connectivity index (χ0v) is 19.3. The summed E-state index contributed by atoms with van der Waals surface area (Å²) in [7, 11) is 0. The van der Waals surface area contributed by atoms with Gasteiger partial charge in [0.25, 0.3) is 5.91 Å². The molecule has 1 aromatic heterocycles. The van der Waals surface area contributed by atoms with Gasteiger partial charge in [0.05, 0.1) is 10.7 Å². The summed E-state index contributed by atoms with van der Waals surface area (Å²) in [6, 6.07) is 20.3. The summed E-state index contributed by atoms with van der Waals surface area (Å²) in [6.07, 6.45) is 1.06. The number of carbonyl (C=O) groups is 1. The van der Waals surface area contributed by atoms with Gasteiger partial charge in [0, 0.05) is 11.1 Å². The second kappa shape index (κ2) is 9.51. The molecular formula is C25H22ClN3O2S. The van der Waals surface area contributed by atoms with Gasteiger partial charge in [-0.1, -0.05) is 49.7 Å². The standard InChI is InChI=1S/C25H22ClN3O2S/c1-3-15(2)17-10-12-22-21(13-17)27-24(31-22)18-9-11-19(26)20(14-18)28-25(32)29-23(30)16-7-5-4-6-8-16/h4-15H,3H2,1-2H3,(H2,28,29,30,32)/t15-/m1/s1. The normalized spacial score (nSPS) is 11.8. The van der Waals surface area contributed by atoms with Crippen molar-refractivity contribution in [3.05, 3.63) is 82.9 Å². The monoisotopic (exact) mass is 463 g/mol. The fourth-order valence-electron chi connectivity index (χ4n) is 3.28. The van der Waals surface area contributed by atoms with Crippen molar-refractivity contribution in [3.8, 4) is 11.5 Å². The van der Waals surface area contributed by atoms with E-state index in [9.17, 15) is 4.79 Å². The van der Waals surface area contributed by atoms with Crippen molar-refractivity contribution in [2.45, 2.75) is 26.2 Å². The van der Waals surface area contributed by atoms with Gasteiger partial charge in [0.1, 0.15) is 5.52 Å². The summed E-state index contributed by atoms with van der Waals surface area (Å²) in [6.45, 7) is 4.36. The molecule has 0 aliphatic carbocycles. The lowest BCUT2D eigenvalue weighted by molar-refractivity contribution is 0.0977. The minimum absolute atomic E-state index is 0.147. The smallest absolute Gasteiger partial charge is 0.257 e. The largest absolute Gasteiger partial charge is 0.436 e. The second-order valence-corrected chi connectivity index (χ2v) is 8.34. The van der Waals surface area contributed by atoms with Gasteiger partial charge in [0.15, 0.2) is 10.7 Å². The lowest BCUT2D eigenvalue weighted by Gasteiger charge is -2.11. The Balaban J connectivity index is 1.54. The van der Waals surface area contributed by atoms with E-state index in [4.69, 9.17) is 28.2 Å². The first-order chi connectivity index (χ1) is 15.4. The van der Waals surface area contributed by atoms with E-state index >= 15 is 0 Å². The number of aromatic nitrogens is 1. The molecule has 1 heterocycles. The molecule has 2 N–H and O–H groups in total. The molecule has 0 radical (unpaired) electrons. The minimum atomic E-state index is -0.300. The summed E-state index contributed by atoms with van der Waals surface area (Å²) < 4.78 is 5.96. The first-order valence-corrected chi connectivity index (χ1v) is 11.1. The molecule has 0 aliphatic rings. The number of rotatable bonds is 5. The van der Waals surface area contributed by atoms with Gasteiger partial charge in [-0.05, 0) is 72.6 Å². The van der Waals surface area contributed by atoms with Gasteiger partial charge in [-0.25, -0.2) is 4.98 Å². The van der Waals surface area contributed by atoms with Gasteiger partial charge in [-0.15, -0.1) is 0 Å². The van der Waals surface area contributed by atoms with E-state index in [1.807, 2.05) is 18.2 Å². The van der Waals surface area contributed by atoms with Crippen molar-refractivity contribution in [2.75, 3.05) is 5.32 Å². The zero-order chi connectivity index (χ0) is 22.7. The Morgan fingerprint density at radius 1 is 1.12 bits per heavy atom. The van der Waals surface area contributed by atoms with Crippen molar-refractivity contribution < 1.29 is 9.21 Å². The van der Waals surface area contributed by atoms with Gasteiger partial charge in [-0.2, -0.15) is 0 Å². The Morgan fingerprint density at radius 2 is 1.91 bits per heavy atom. The van der Waals surface area contributed by atoms with Gasteiger partial charge < -0.3 is 9.73 Å². The number of oxazole rings is 1. The molecule has 32 heavy (non-hydrogen) atoms. The maximum atomic E-state index is 12.3. The maximum Gasteiger partial charge on any atom is 0.257 e. The molecule has 0 unspecified atom stereocenters. The van der Waals surface area contributed by atoms with E-state index in [1.165, 1.54) is 5.56 Å². The van der Waals surface area contributed by atoms with Crippen LogP contribution in [-0.4, -0.2) is 16.0 Å². The van der Waals surface area contributed by atoms with Crippen LogP contribution in [-0.2, 0) is 0 Å². The molecule has 1 amide bonds. The highest BCUT2D eigenvalue weighted by Crippen LogP contribution is 2.31. The molecule has 4 aromatic rings. The molecule has 0 saturated carbocycles. The number of nitrogens with zero attached hydrogens (tertiary/aromatic N) is 1. The Morgan fingerprint density at radius 3 is 2.66 bits per heavy atom. The first kappa shape index (κ1) is 22.0. The number of hydrogen-bond acceptors (Lipinski definition) is 4. The van der Waals surface area contributed by atoms with Crippen molar-refractivity contribution in [1.29, 1.82) is 0 Å². The molecule has 0 spiro atoms. The van der Waals surface area contributed by atoms with E-state index in [2.05, 4.69) is 41.6 Å². The average molecular weight is 464 g/mol. The van der Waals surface area contributed by atoms with Crippen LogP contribution in [0, 0.1) is 0 Å². The fourth-order valence-corrected chi connectivity index (χ4v) is 3.65. The van der Waals surface area contributed by atoms with Crippen molar-refractivity contribution in [3.63, 3.8) is 0 Å². The lowest BCUT2D eigenvalue weighted by Crippen LogP contribution is -2.34. The van der Waals surface area contributed by atoms with Crippen LogP contribution in [0.4, 0.5) is 5.69 Å². The van der Waals surface area contributed by atoms with E-state index < -0.39 is 0 Å². The molecular weight excluding hydrogens is 442 g/mol. The van der Waals surface area contributed by atoms with Crippen LogP contribution >= 0.6 is 23.8 Å². The first-order valence-electron chi connectivity index (χ1n) is 10.3. The molecule has 7 heteroatoms. The molecule has 3 aromatic carbocycles. The number of fused-ring (bicyclic) bond motifs is 1. The third-order valence-electron chi connectivity index (χ3n) is 5.32. The Hall–Kier alpha value is -3.22. The Labute approximate surface area is 196 Å². The summed E-state index contributed by atoms with van der Waals surface area (Å²) >= 11 is 11.6. The third-order valence-corrected chi connectivity index (χ3v) is 5.85. The molecule has 0 saturated heterocycles. The third kappa shape index (κ3) is 4.82. The van der Waals surface area contributed by atoms with Crippen LogP contribution in [0.1, 0.15) is 42.1 Å². The highest BCUT2D eigenvalue weighted by atomic mass is 35.5. The number of hydrogen-bond donors (Lipinski definition) is 2. The summed E-state index contributed by atoms with van der Waals surface area (Å²) in [5, 5.41) is 6.25. The SMILES string of the molecule is CC[C@@H](C)c1ccc2oc(-c3ccc(Cl)c(NC(=S)NC(=O)c4ccccc4)c3)nc2c1. The van der Waals surface area contributed by atoms with Crippen LogP contribution in [0.25, 0.3) is 22.6 Å². The molecule has 0 aliphatic heterocycles. The average Bonchev–Trinajstić information content (AvgIpc) is 3.24. The molecule has 4 rings (SSSR count). The quantitative estimate of drug-likeness (QED) is 0.319. The maximum absolute atomic E-state index is 12.3. The van der Waals surface area contributed by atoms with Gasteiger partial charge in [-0.3, -0.25) is 10.1 Å². The Kier molecular flexibility index (Phi) is 6.53. The van der Waals surface area contributed by atoms with E-state index in [0.29, 0.717) is 28.1 Å².